The lowest BCUT2D eigenvalue weighted by Gasteiger charge is -2.09. The van der Waals surface area contributed by atoms with Gasteiger partial charge in [-0.1, -0.05) is 36.4 Å². The molecule has 0 spiro atoms. The van der Waals surface area contributed by atoms with E-state index in [4.69, 9.17) is 4.42 Å². The lowest BCUT2D eigenvalue weighted by molar-refractivity contribution is -0.117. The van der Waals surface area contributed by atoms with Crippen LogP contribution < -0.4 is 0 Å². The Balaban J connectivity index is 1.50. The van der Waals surface area contributed by atoms with E-state index >= 15 is 0 Å². The average molecular weight is 382 g/mol. The van der Waals surface area contributed by atoms with Gasteiger partial charge in [-0.15, -0.1) is 0 Å². The highest BCUT2D eigenvalue weighted by atomic mass is 16.3. The predicted octanol–water partition coefficient (Wildman–Crippen LogP) is 5.37. The maximum atomic E-state index is 12.5. The highest BCUT2D eigenvalue weighted by Gasteiger charge is 2.10. The number of pyridine rings is 1. The summed E-state index contributed by atoms with van der Waals surface area (Å²) in [5.74, 6) is 0.954. The molecule has 0 bridgehead atoms. The van der Waals surface area contributed by atoms with Crippen molar-refractivity contribution in [1.29, 1.82) is 0 Å². The molecule has 0 N–H and O–H groups in total. The third-order valence-corrected chi connectivity index (χ3v) is 5.14. The molecule has 0 aliphatic rings. The van der Waals surface area contributed by atoms with Crippen LogP contribution in [0.4, 0.5) is 0 Å². The first-order valence-electron chi connectivity index (χ1n) is 9.60. The smallest absolute Gasteiger partial charge is 0.181 e. The minimum atomic E-state index is 0.204. The van der Waals surface area contributed by atoms with Crippen molar-refractivity contribution >= 4 is 5.78 Å². The first-order chi connectivity index (χ1) is 14.1. The molecule has 0 fully saturated rings. The molecule has 0 amide bonds. The standard InChI is InChI=1S/C25H22N2O2/c1-17-3-6-22(25-15-27-16-29-25)13-24(17)20-7-4-19(5-8-20)11-23(28)12-21-9-10-26-14-18(21)2/h3-10,13-16H,11-12H2,1-2H3. The van der Waals surface area contributed by atoms with Crippen LogP contribution in [0.2, 0.25) is 0 Å². The molecule has 0 atom stereocenters. The number of benzene rings is 2. The van der Waals surface area contributed by atoms with Gasteiger partial charge in [0.05, 0.1) is 6.20 Å². The van der Waals surface area contributed by atoms with E-state index in [0.717, 1.165) is 39.1 Å². The van der Waals surface area contributed by atoms with Crippen LogP contribution in [0.1, 0.15) is 22.3 Å². The number of ketones is 1. The Morgan fingerprint density at radius 1 is 0.862 bits per heavy atom. The number of aromatic nitrogens is 2. The van der Waals surface area contributed by atoms with Gasteiger partial charge < -0.3 is 4.42 Å². The largest absolute Gasteiger partial charge is 0.444 e. The van der Waals surface area contributed by atoms with Crippen molar-refractivity contribution in [2.24, 2.45) is 0 Å². The maximum absolute atomic E-state index is 12.5. The van der Waals surface area contributed by atoms with E-state index in [0.29, 0.717) is 12.8 Å². The van der Waals surface area contributed by atoms with Crippen molar-refractivity contribution < 1.29 is 9.21 Å². The Labute approximate surface area is 170 Å². The molecule has 4 rings (SSSR count). The van der Waals surface area contributed by atoms with Crippen LogP contribution in [0.25, 0.3) is 22.5 Å². The first-order valence-corrected chi connectivity index (χ1v) is 9.60. The average Bonchev–Trinajstić information content (AvgIpc) is 3.26. The number of carbonyl (C=O) groups is 1. The third kappa shape index (κ3) is 4.32. The number of oxazole rings is 1. The van der Waals surface area contributed by atoms with Crippen LogP contribution >= 0.6 is 0 Å². The molecule has 4 nitrogen and oxygen atoms in total. The van der Waals surface area contributed by atoms with E-state index in [9.17, 15) is 4.79 Å². The lowest BCUT2D eigenvalue weighted by Crippen LogP contribution is -2.07. The van der Waals surface area contributed by atoms with Crippen molar-refractivity contribution in [2.45, 2.75) is 26.7 Å². The molecule has 0 saturated heterocycles. The topological polar surface area (TPSA) is 56.0 Å². The third-order valence-electron chi connectivity index (χ3n) is 5.14. The summed E-state index contributed by atoms with van der Waals surface area (Å²) in [6.07, 6.45) is 7.56. The van der Waals surface area contributed by atoms with Gasteiger partial charge in [0.1, 0.15) is 5.78 Å². The Morgan fingerprint density at radius 3 is 2.38 bits per heavy atom. The van der Waals surface area contributed by atoms with E-state index in [2.05, 4.69) is 41.2 Å². The number of hydrogen-bond donors (Lipinski definition) is 0. The second-order valence-electron chi connectivity index (χ2n) is 7.29. The van der Waals surface area contributed by atoms with E-state index in [1.54, 1.807) is 18.6 Å². The van der Waals surface area contributed by atoms with Crippen molar-refractivity contribution in [1.82, 2.24) is 9.97 Å². The number of carbonyl (C=O) groups excluding carboxylic acids is 1. The molecule has 144 valence electrons. The molecule has 2 heterocycles. The zero-order chi connectivity index (χ0) is 20.2. The summed E-state index contributed by atoms with van der Waals surface area (Å²) >= 11 is 0. The molecular formula is C25H22N2O2. The molecule has 0 unspecified atom stereocenters. The second kappa shape index (κ2) is 8.23. The zero-order valence-corrected chi connectivity index (χ0v) is 16.6. The van der Waals surface area contributed by atoms with Crippen LogP contribution in [-0.4, -0.2) is 15.8 Å². The number of Topliss-reactive ketones (excluding diaryl/α,β-unsaturated/α-hetero) is 1. The van der Waals surface area contributed by atoms with Gasteiger partial charge in [-0.05, 0) is 59.4 Å². The monoisotopic (exact) mass is 382 g/mol. The molecule has 0 aliphatic heterocycles. The van der Waals surface area contributed by atoms with Crippen LogP contribution in [0.15, 0.2) is 77.9 Å². The number of aryl methyl sites for hydroxylation is 2. The van der Waals surface area contributed by atoms with E-state index in [1.807, 2.05) is 31.2 Å². The molecule has 0 aliphatic carbocycles. The summed E-state index contributed by atoms with van der Waals surface area (Å²) in [5.41, 5.74) is 7.56. The fourth-order valence-electron chi connectivity index (χ4n) is 3.45. The highest BCUT2D eigenvalue weighted by Crippen LogP contribution is 2.29. The Hall–Kier alpha value is -3.53. The fraction of sp³-hybridized carbons (Fsp3) is 0.160. The normalized spacial score (nSPS) is 10.8. The van der Waals surface area contributed by atoms with Gasteiger partial charge in [0.25, 0.3) is 0 Å². The summed E-state index contributed by atoms with van der Waals surface area (Å²) in [6.45, 7) is 4.08. The first kappa shape index (κ1) is 18.8. The quantitative estimate of drug-likeness (QED) is 0.449. The molecule has 0 radical (unpaired) electrons. The highest BCUT2D eigenvalue weighted by molar-refractivity contribution is 5.83. The summed E-state index contributed by atoms with van der Waals surface area (Å²) in [7, 11) is 0. The molecule has 2 aromatic heterocycles. The molecular weight excluding hydrogens is 360 g/mol. The van der Waals surface area contributed by atoms with Crippen LogP contribution in [0.3, 0.4) is 0 Å². The van der Waals surface area contributed by atoms with Gasteiger partial charge in [0, 0.05) is 30.8 Å². The molecule has 2 aromatic carbocycles. The van der Waals surface area contributed by atoms with E-state index in [-0.39, 0.29) is 5.78 Å². The van der Waals surface area contributed by atoms with Crippen LogP contribution in [0, 0.1) is 13.8 Å². The Morgan fingerprint density at radius 2 is 1.66 bits per heavy atom. The van der Waals surface area contributed by atoms with Gasteiger partial charge in [0.2, 0.25) is 0 Å². The molecule has 29 heavy (non-hydrogen) atoms. The van der Waals surface area contributed by atoms with Gasteiger partial charge in [-0.3, -0.25) is 9.78 Å². The van der Waals surface area contributed by atoms with Gasteiger partial charge in [0.15, 0.2) is 12.2 Å². The summed E-state index contributed by atoms with van der Waals surface area (Å²) in [6, 6.07) is 16.4. The summed E-state index contributed by atoms with van der Waals surface area (Å²) in [4.78, 5) is 20.6. The zero-order valence-electron chi connectivity index (χ0n) is 16.6. The Bertz CT molecular complexity index is 1130. The van der Waals surface area contributed by atoms with Crippen molar-refractivity contribution in [2.75, 3.05) is 0 Å². The molecule has 0 saturated carbocycles. The summed E-state index contributed by atoms with van der Waals surface area (Å²) < 4.78 is 5.42. The van der Waals surface area contributed by atoms with Crippen LogP contribution in [-0.2, 0) is 17.6 Å². The minimum absolute atomic E-state index is 0.204. The Kier molecular flexibility index (Phi) is 5.34. The van der Waals surface area contributed by atoms with E-state index in [1.165, 1.54) is 12.0 Å². The van der Waals surface area contributed by atoms with Gasteiger partial charge >= 0.3 is 0 Å². The number of hydrogen-bond acceptors (Lipinski definition) is 4. The molecule has 4 heteroatoms. The summed E-state index contributed by atoms with van der Waals surface area (Å²) in [5, 5.41) is 0. The second-order valence-corrected chi connectivity index (χ2v) is 7.29. The van der Waals surface area contributed by atoms with Gasteiger partial charge in [-0.25, -0.2) is 4.98 Å². The van der Waals surface area contributed by atoms with E-state index < -0.39 is 0 Å². The van der Waals surface area contributed by atoms with Crippen molar-refractivity contribution in [3.63, 3.8) is 0 Å². The van der Waals surface area contributed by atoms with Crippen molar-refractivity contribution in [3.05, 3.63) is 95.8 Å². The minimum Gasteiger partial charge on any atom is -0.444 e. The fourth-order valence-corrected chi connectivity index (χ4v) is 3.45. The van der Waals surface area contributed by atoms with Gasteiger partial charge in [-0.2, -0.15) is 0 Å². The van der Waals surface area contributed by atoms with Crippen molar-refractivity contribution in [3.8, 4) is 22.5 Å². The SMILES string of the molecule is Cc1cnccc1CC(=O)Cc1ccc(-c2cc(-c3cnco3)ccc2C)cc1. The number of nitrogens with zero attached hydrogens (tertiary/aromatic N) is 2. The number of rotatable bonds is 6. The molecule has 4 aromatic rings. The predicted molar refractivity (Wildman–Crippen MR) is 114 cm³/mol. The maximum Gasteiger partial charge on any atom is 0.181 e. The lowest BCUT2D eigenvalue weighted by atomic mass is 9.95. The van der Waals surface area contributed by atoms with Crippen LogP contribution in [0.5, 0.6) is 0 Å².